The molecule has 4 N–H and O–H groups in total. The van der Waals surface area contributed by atoms with Crippen molar-refractivity contribution in [2.75, 3.05) is 33.4 Å². The Labute approximate surface area is 159 Å². The Balaban J connectivity index is 2.48. The fourth-order valence-corrected chi connectivity index (χ4v) is 2.99. The number of amides is 1. The standard InChI is InChI=1S/C20H28N4O3/c1-5-24(6-2)9-10-27-18-12-16(19(25)23-20(21)22)13(3)15-8-7-14(26-4)11-17(15)18/h7-8,11-12H,5-6,9-10H2,1-4H3,(H4,21,22,23,25). The van der Waals surface area contributed by atoms with Gasteiger partial charge in [-0.25, -0.2) is 0 Å². The SMILES string of the molecule is CCN(CC)CCOc1cc(C(=O)N=C(N)N)c(C)c2ccc(OC)cc12. The van der Waals surface area contributed by atoms with Crippen LogP contribution in [0.1, 0.15) is 29.8 Å². The summed E-state index contributed by atoms with van der Waals surface area (Å²) in [4.78, 5) is 18.4. The van der Waals surface area contributed by atoms with Gasteiger partial charge in [-0.3, -0.25) is 4.79 Å². The monoisotopic (exact) mass is 372 g/mol. The number of aliphatic imine (C=N–C) groups is 1. The molecule has 7 nitrogen and oxygen atoms in total. The van der Waals surface area contributed by atoms with E-state index in [-0.39, 0.29) is 5.96 Å². The van der Waals surface area contributed by atoms with Gasteiger partial charge in [0.05, 0.1) is 7.11 Å². The molecule has 0 aromatic heterocycles. The van der Waals surface area contributed by atoms with Crippen molar-refractivity contribution in [3.8, 4) is 11.5 Å². The molecule has 2 aromatic carbocycles. The summed E-state index contributed by atoms with van der Waals surface area (Å²) in [6, 6.07) is 7.37. The van der Waals surface area contributed by atoms with E-state index >= 15 is 0 Å². The van der Waals surface area contributed by atoms with Crippen molar-refractivity contribution in [1.29, 1.82) is 0 Å². The third kappa shape index (κ3) is 4.89. The molecular formula is C20H28N4O3. The lowest BCUT2D eigenvalue weighted by atomic mass is 9.98. The van der Waals surface area contributed by atoms with Crippen LogP contribution in [0.5, 0.6) is 11.5 Å². The number of rotatable bonds is 8. The minimum Gasteiger partial charge on any atom is -0.497 e. The van der Waals surface area contributed by atoms with Crippen LogP contribution in [0.2, 0.25) is 0 Å². The van der Waals surface area contributed by atoms with Crippen molar-refractivity contribution < 1.29 is 14.3 Å². The molecular weight excluding hydrogens is 344 g/mol. The summed E-state index contributed by atoms with van der Waals surface area (Å²) in [5.74, 6) is 0.576. The Kier molecular flexibility index (Phi) is 7.01. The maximum absolute atomic E-state index is 12.4. The maximum Gasteiger partial charge on any atom is 0.280 e. The number of nitrogens with zero attached hydrogens (tertiary/aromatic N) is 2. The number of hydrogen-bond donors (Lipinski definition) is 2. The Hall–Kier alpha value is -2.80. The van der Waals surface area contributed by atoms with Gasteiger partial charge in [0.2, 0.25) is 0 Å². The van der Waals surface area contributed by atoms with E-state index in [4.69, 9.17) is 20.9 Å². The highest BCUT2D eigenvalue weighted by Gasteiger charge is 2.16. The summed E-state index contributed by atoms with van der Waals surface area (Å²) < 4.78 is 11.4. The molecule has 0 aliphatic rings. The zero-order chi connectivity index (χ0) is 20.0. The van der Waals surface area contributed by atoms with Crippen LogP contribution in [0.25, 0.3) is 10.8 Å². The number of carbonyl (C=O) groups excluding carboxylic acids is 1. The molecule has 0 heterocycles. The van der Waals surface area contributed by atoms with E-state index in [1.165, 1.54) is 0 Å². The number of aryl methyl sites for hydroxylation is 1. The second kappa shape index (κ2) is 9.23. The summed E-state index contributed by atoms with van der Waals surface area (Å²) in [7, 11) is 1.62. The van der Waals surface area contributed by atoms with E-state index in [1.54, 1.807) is 13.2 Å². The average Bonchev–Trinajstić information content (AvgIpc) is 2.65. The third-order valence-electron chi connectivity index (χ3n) is 4.60. The van der Waals surface area contributed by atoms with Crippen molar-refractivity contribution >= 4 is 22.6 Å². The fourth-order valence-electron chi connectivity index (χ4n) is 2.99. The molecule has 0 bridgehead atoms. The van der Waals surface area contributed by atoms with Gasteiger partial charge >= 0.3 is 0 Å². The van der Waals surface area contributed by atoms with E-state index in [1.807, 2.05) is 25.1 Å². The number of methoxy groups -OCH3 is 1. The Bertz CT molecular complexity index is 841. The Morgan fingerprint density at radius 2 is 1.85 bits per heavy atom. The number of ether oxygens (including phenoxy) is 2. The normalized spacial score (nSPS) is 10.9. The predicted molar refractivity (Wildman–Crippen MR) is 109 cm³/mol. The van der Waals surface area contributed by atoms with E-state index in [0.29, 0.717) is 17.9 Å². The molecule has 1 amide bonds. The van der Waals surface area contributed by atoms with Crippen LogP contribution in [0.4, 0.5) is 0 Å². The summed E-state index contributed by atoms with van der Waals surface area (Å²) in [6.07, 6.45) is 0. The highest BCUT2D eigenvalue weighted by molar-refractivity contribution is 6.07. The van der Waals surface area contributed by atoms with Crippen LogP contribution in [0, 0.1) is 6.92 Å². The molecule has 0 aliphatic heterocycles. The largest absolute Gasteiger partial charge is 0.497 e. The van der Waals surface area contributed by atoms with E-state index in [2.05, 4.69) is 23.7 Å². The summed E-state index contributed by atoms with van der Waals surface area (Å²) in [5, 5.41) is 1.78. The fraction of sp³-hybridized carbons (Fsp3) is 0.400. The molecule has 0 aliphatic carbocycles. The van der Waals surface area contributed by atoms with Crippen LogP contribution in [-0.2, 0) is 0 Å². The van der Waals surface area contributed by atoms with Crippen molar-refractivity contribution in [3.05, 3.63) is 35.4 Å². The summed E-state index contributed by atoms with van der Waals surface area (Å²) >= 11 is 0. The van der Waals surface area contributed by atoms with Crippen LogP contribution < -0.4 is 20.9 Å². The number of guanidine groups is 1. The molecule has 0 saturated carbocycles. The van der Waals surface area contributed by atoms with Gasteiger partial charge in [-0.05, 0) is 49.2 Å². The molecule has 0 atom stereocenters. The Morgan fingerprint density at radius 3 is 2.44 bits per heavy atom. The van der Waals surface area contributed by atoms with Gasteiger partial charge in [0, 0.05) is 17.5 Å². The van der Waals surface area contributed by atoms with E-state index in [0.717, 1.165) is 41.7 Å². The molecule has 0 radical (unpaired) electrons. The molecule has 0 spiro atoms. The molecule has 2 rings (SSSR count). The predicted octanol–water partition coefficient (Wildman–Crippen LogP) is 2.29. The maximum atomic E-state index is 12.4. The first-order valence-electron chi connectivity index (χ1n) is 9.01. The molecule has 146 valence electrons. The Morgan fingerprint density at radius 1 is 1.15 bits per heavy atom. The summed E-state index contributed by atoms with van der Waals surface area (Å²) in [6.45, 7) is 9.30. The van der Waals surface area contributed by atoms with Crippen molar-refractivity contribution in [2.24, 2.45) is 16.5 Å². The van der Waals surface area contributed by atoms with Gasteiger partial charge < -0.3 is 25.8 Å². The summed E-state index contributed by atoms with van der Waals surface area (Å²) in [5.41, 5.74) is 11.9. The molecule has 27 heavy (non-hydrogen) atoms. The zero-order valence-corrected chi connectivity index (χ0v) is 16.4. The number of benzene rings is 2. The minimum atomic E-state index is -0.487. The molecule has 0 saturated heterocycles. The molecule has 0 unspecified atom stereocenters. The lowest BCUT2D eigenvalue weighted by molar-refractivity contribution is 0.100. The van der Waals surface area contributed by atoms with E-state index in [9.17, 15) is 4.79 Å². The zero-order valence-electron chi connectivity index (χ0n) is 16.4. The third-order valence-corrected chi connectivity index (χ3v) is 4.60. The molecule has 2 aromatic rings. The number of nitrogens with two attached hydrogens (primary N) is 2. The molecule has 7 heteroatoms. The van der Waals surface area contributed by atoms with Crippen LogP contribution >= 0.6 is 0 Å². The highest BCUT2D eigenvalue weighted by Crippen LogP contribution is 2.34. The number of carbonyl (C=O) groups is 1. The van der Waals surface area contributed by atoms with Gasteiger partial charge in [-0.2, -0.15) is 4.99 Å². The second-order valence-corrected chi connectivity index (χ2v) is 6.18. The quantitative estimate of drug-likeness (QED) is 0.544. The van der Waals surface area contributed by atoms with Crippen molar-refractivity contribution in [2.45, 2.75) is 20.8 Å². The lowest BCUT2D eigenvalue weighted by Crippen LogP contribution is -2.28. The van der Waals surface area contributed by atoms with Crippen LogP contribution in [-0.4, -0.2) is 50.1 Å². The number of fused-ring (bicyclic) bond motifs is 1. The second-order valence-electron chi connectivity index (χ2n) is 6.18. The van der Waals surface area contributed by atoms with Crippen molar-refractivity contribution in [1.82, 2.24) is 4.90 Å². The van der Waals surface area contributed by atoms with E-state index < -0.39 is 5.91 Å². The van der Waals surface area contributed by atoms with Gasteiger partial charge in [-0.1, -0.05) is 19.9 Å². The van der Waals surface area contributed by atoms with Gasteiger partial charge in [-0.15, -0.1) is 0 Å². The topological polar surface area (TPSA) is 103 Å². The minimum absolute atomic E-state index is 0.266. The van der Waals surface area contributed by atoms with Crippen molar-refractivity contribution in [3.63, 3.8) is 0 Å². The highest BCUT2D eigenvalue weighted by atomic mass is 16.5. The van der Waals surface area contributed by atoms with Crippen LogP contribution in [0.15, 0.2) is 29.3 Å². The lowest BCUT2D eigenvalue weighted by Gasteiger charge is -2.19. The van der Waals surface area contributed by atoms with Gasteiger partial charge in [0.1, 0.15) is 18.1 Å². The first-order valence-corrected chi connectivity index (χ1v) is 9.01. The smallest absolute Gasteiger partial charge is 0.280 e. The first kappa shape index (κ1) is 20.5. The van der Waals surface area contributed by atoms with Gasteiger partial charge in [0.15, 0.2) is 5.96 Å². The number of likely N-dealkylation sites (N-methyl/N-ethyl adjacent to an activating group) is 1. The molecule has 0 fully saturated rings. The van der Waals surface area contributed by atoms with Gasteiger partial charge in [0.25, 0.3) is 5.91 Å². The first-order chi connectivity index (χ1) is 12.9. The average molecular weight is 372 g/mol. The van der Waals surface area contributed by atoms with Crippen LogP contribution in [0.3, 0.4) is 0 Å². The number of hydrogen-bond acceptors (Lipinski definition) is 4.